The van der Waals surface area contributed by atoms with Gasteiger partial charge in [0.15, 0.2) is 17.2 Å². The first-order valence-corrected chi connectivity index (χ1v) is 13.3. The maximum atomic E-state index is 14.6. The molecule has 1 fully saturated rings. The molecule has 2 heterocycles. The smallest absolute Gasteiger partial charge is 0.349 e. The number of halogens is 4. The summed E-state index contributed by atoms with van der Waals surface area (Å²) in [5, 5.41) is 4.59. The summed E-state index contributed by atoms with van der Waals surface area (Å²) in [6.45, 7) is 5.60. The average Bonchev–Trinajstić information content (AvgIpc) is 3.25. The van der Waals surface area contributed by atoms with Crippen LogP contribution in [-0.2, 0) is 14.9 Å². The summed E-state index contributed by atoms with van der Waals surface area (Å²) in [6.07, 6.45) is 2.51. The lowest BCUT2D eigenvalue weighted by Crippen LogP contribution is -2.51. The van der Waals surface area contributed by atoms with Crippen molar-refractivity contribution in [1.29, 1.82) is 0 Å². The van der Waals surface area contributed by atoms with Gasteiger partial charge in [0.2, 0.25) is 0 Å². The number of aryl methyl sites for hydroxylation is 1. The highest BCUT2D eigenvalue weighted by Gasteiger charge is 2.53. The summed E-state index contributed by atoms with van der Waals surface area (Å²) in [4.78, 5) is 17.2. The van der Waals surface area contributed by atoms with Gasteiger partial charge in [0.1, 0.15) is 5.75 Å². The molecule has 0 unspecified atom stereocenters. The number of carbonyl (C=O) groups is 1. The van der Waals surface area contributed by atoms with E-state index in [4.69, 9.17) is 37.7 Å². The summed E-state index contributed by atoms with van der Waals surface area (Å²) in [6, 6.07) is 12.8. The molecule has 0 radical (unpaired) electrons. The predicted octanol–water partition coefficient (Wildman–Crippen LogP) is 7.38. The van der Waals surface area contributed by atoms with Crippen molar-refractivity contribution >= 4 is 41.1 Å². The van der Waals surface area contributed by atoms with Gasteiger partial charge >= 0.3 is 5.97 Å². The standard InChI is InChI=1S/C30H28Cl2F2N2O3/c1-16-11-23(33)24(34)14-19(16)27-30(15-36-25-13-18(32)5-7-22(25)30)21(9-10-35-27)20-12-17(31)6-8-26(20)39-29(2,3)28(37)38-4/h5-8,11-15,21,27,35H,9-10H2,1-4H3/t21-,27-,30+/m0/s1. The minimum atomic E-state index is -1.28. The van der Waals surface area contributed by atoms with E-state index in [-0.39, 0.29) is 5.92 Å². The van der Waals surface area contributed by atoms with Gasteiger partial charge in [0, 0.05) is 33.8 Å². The van der Waals surface area contributed by atoms with Crippen molar-refractivity contribution in [2.75, 3.05) is 13.7 Å². The van der Waals surface area contributed by atoms with Crippen LogP contribution >= 0.6 is 23.2 Å². The molecule has 2 aliphatic heterocycles. The Hall–Kier alpha value is -3.00. The van der Waals surface area contributed by atoms with Gasteiger partial charge in [0.25, 0.3) is 0 Å². The summed E-state index contributed by atoms with van der Waals surface area (Å²) < 4.78 is 40.0. The molecule has 204 valence electrons. The second-order valence-electron chi connectivity index (χ2n) is 10.5. The number of nitrogens with zero attached hydrogens (tertiary/aromatic N) is 1. The highest BCUT2D eigenvalue weighted by Crippen LogP contribution is 2.58. The Labute approximate surface area is 236 Å². The molecule has 5 rings (SSSR count). The monoisotopic (exact) mass is 572 g/mol. The van der Waals surface area contributed by atoms with Crippen molar-refractivity contribution in [3.8, 4) is 5.75 Å². The van der Waals surface area contributed by atoms with Crippen molar-refractivity contribution in [2.24, 2.45) is 4.99 Å². The topological polar surface area (TPSA) is 59.9 Å². The van der Waals surface area contributed by atoms with E-state index in [1.165, 1.54) is 19.2 Å². The van der Waals surface area contributed by atoms with Gasteiger partial charge in [-0.2, -0.15) is 0 Å². The molecule has 0 aliphatic carbocycles. The van der Waals surface area contributed by atoms with Crippen molar-refractivity contribution in [3.05, 3.63) is 92.5 Å². The summed E-state index contributed by atoms with van der Waals surface area (Å²) in [5.74, 6) is -2.16. The van der Waals surface area contributed by atoms with Crippen LogP contribution in [-0.4, -0.2) is 31.4 Å². The highest BCUT2D eigenvalue weighted by atomic mass is 35.5. The number of hydrogen-bond donors (Lipinski definition) is 1. The minimum Gasteiger partial charge on any atom is -0.476 e. The number of ether oxygens (including phenoxy) is 2. The number of benzene rings is 3. The predicted molar refractivity (Wildman–Crippen MR) is 149 cm³/mol. The molecule has 0 amide bonds. The first kappa shape index (κ1) is 27.6. The number of rotatable bonds is 5. The normalized spacial score (nSPS) is 22.2. The van der Waals surface area contributed by atoms with Crippen LogP contribution in [0, 0.1) is 18.6 Å². The van der Waals surface area contributed by atoms with E-state index in [1.54, 1.807) is 45.0 Å². The van der Waals surface area contributed by atoms with Crippen molar-refractivity contribution < 1.29 is 23.0 Å². The quantitative estimate of drug-likeness (QED) is 0.324. The van der Waals surface area contributed by atoms with Gasteiger partial charge in [-0.3, -0.25) is 4.99 Å². The molecule has 1 saturated heterocycles. The fraction of sp³-hybridized carbons (Fsp3) is 0.333. The zero-order valence-electron chi connectivity index (χ0n) is 21.9. The Balaban J connectivity index is 1.74. The molecule has 3 aromatic carbocycles. The Morgan fingerprint density at radius 1 is 1.05 bits per heavy atom. The van der Waals surface area contributed by atoms with E-state index >= 15 is 0 Å². The Bertz CT molecular complexity index is 1490. The molecule has 9 heteroatoms. The molecule has 3 aromatic rings. The Morgan fingerprint density at radius 3 is 2.49 bits per heavy atom. The summed E-state index contributed by atoms with van der Waals surface area (Å²) >= 11 is 12.8. The maximum Gasteiger partial charge on any atom is 0.349 e. The maximum absolute atomic E-state index is 14.6. The van der Waals surface area contributed by atoms with Gasteiger partial charge in [0.05, 0.1) is 18.2 Å². The van der Waals surface area contributed by atoms with Crippen molar-refractivity contribution in [2.45, 2.75) is 50.2 Å². The SMILES string of the molecule is COC(=O)C(C)(C)Oc1ccc(Cl)cc1[C@@H]1CCN[C@@H](c2cc(F)c(F)cc2C)[C@]12C=Nc1cc(Cl)ccc12. The minimum absolute atomic E-state index is 0.274. The zero-order chi connectivity index (χ0) is 28.1. The summed E-state index contributed by atoms with van der Waals surface area (Å²) in [7, 11) is 1.31. The van der Waals surface area contributed by atoms with Crippen LogP contribution in [0.2, 0.25) is 10.0 Å². The fourth-order valence-corrected chi connectivity index (χ4v) is 6.26. The lowest BCUT2D eigenvalue weighted by Gasteiger charge is -2.48. The van der Waals surface area contributed by atoms with Crippen LogP contribution in [0.1, 0.15) is 54.5 Å². The van der Waals surface area contributed by atoms with Gasteiger partial charge < -0.3 is 14.8 Å². The molecular weight excluding hydrogens is 545 g/mol. The van der Waals surface area contributed by atoms with Gasteiger partial charge in [-0.15, -0.1) is 0 Å². The second-order valence-corrected chi connectivity index (χ2v) is 11.4. The third-order valence-electron chi connectivity index (χ3n) is 7.69. The largest absolute Gasteiger partial charge is 0.476 e. The average molecular weight is 573 g/mol. The third-order valence-corrected chi connectivity index (χ3v) is 8.16. The zero-order valence-corrected chi connectivity index (χ0v) is 23.5. The highest BCUT2D eigenvalue weighted by molar-refractivity contribution is 6.31. The van der Waals surface area contributed by atoms with E-state index in [9.17, 15) is 13.6 Å². The van der Waals surface area contributed by atoms with Gasteiger partial charge in [-0.05, 0) is 92.9 Å². The number of hydrogen-bond acceptors (Lipinski definition) is 5. The van der Waals surface area contributed by atoms with Gasteiger partial charge in [-0.25, -0.2) is 13.6 Å². The van der Waals surface area contributed by atoms with E-state index in [1.807, 2.05) is 18.3 Å². The number of fused-ring (bicyclic) bond motifs is 2. The number of piperidine rings is 1. The van der Waals surface area contributed by atoms with Crippen molar-refractivity contribution in [3.63, 3.8) is 0 Å². The molecule has 0 bridgehead atoms. The van der Waals surface area contributed by atoms with Gasteiger partial charge in [-0.1, -0.05) is 29.3 Å². The third kappa shape index (κ3) is 4.71. The number of esters is 1. The first-order chi connectivity index (χ1) is 18.5. The van der Waals surface area contributed by atoms with Crippen LogP contribution < -0.4 is 10.1 Å². The lowest BCUT2D eigenvalue weighted by atomic mass is 9.59. The van der Waals surface area contributed by atoms with Crippen LogP contribution in [0.15, 0.2) is 53.5 Å². The molecule has 1 N–H and O–H groups in total. The molecule has 0 saturated carbocycles. The molecule has 0 aromatic heterocycles. The molecule has 2 aliphatic rings. The number of methoxy groups -OCH3 is 1. The van der Waals surface area contributed by atoms with Crippen LogP contribution in [0.25, 0.3) is 0 Å². The van der Waals surface area contributed by atoms with E-state index < -0.39 is 34.7 Å². The molecule has 3 atom stereocenters. The fourth-order valence-electron chi connectivity index (χ4n) is 5.91. The van der Waals surface area contributed by atoms with Crippen molar-refractivity contribution in [1.82, 2.24) is 5.32 Å². The Kier molecular flexibility index (Phi) is 7.20. The van der Waals surface area contributed by atoms with Crippen LogP contribution in [0.4, 0.5) is 14.5 Å². The number of carbonyl (C=O) groups excluding carboxylic acids is 1. The number of nitrogens with one attached hydrogen (secondary N) is 1. The van der Waals surface area contributed by atoms with Crippen LogP contribution in [0.3, 0.4) is 0 Å². The molecular formula is C30H28Cl2F2N2O3. The molecule has 1 spiro atoms. The molecule has 5 nitrogen and oxygen atoms in total. The van der Waals surface area contributed by atoms with E-state index in [0.717, 1.165) is 11.1 Å². The second kappa shape index (κ2) is 10.2. The van der Waals surface area contributed by atoms with E-state index in [0.29, 0.717) is 45.6 Å². The molecule has 39 heavy (non-hydrogen) atoms. The number of aliphatic imine (C=N–C) groups is 1. The Morgan fingerprint density at radius 2 is 1.74 bits per heavy atom. The van der Waals surface area contributed by atoms with E-state index in [2.05, 4.69) is 5.32 Å². The lowest BCUT2D eigenvalue weighted by molar-refractivity contribution is -0.156. The first-order valence-electron chi connectivity index (χ1n) is 12.6. The summed E-state index contributed by atoms with van der Waals surface area (Å²) in [5.41, 5.74) is 1.45. The van der Waals surface area contributed by atoms with Crippen LogP contribution in [0.5, 0.6) is 5.75 Å².